The third-order valence-electron chi connectivity index (χ3n) is 3.31. The lowest BCUT2D eigenvalue weighted by molar-refractivity contribution is 0.523. The molecule has 0 saturated heterocycles. The first kappa shape index (κ1) is 14.9. The van der Waals surface area contributed by atoms with Gasteiger partial charge in [0.05, 0.1) is 0 Å². The van der Waals surface area contributed by atoms with Gasteiger partial charge in [-0.25, -0.2) is 8.78 Å². The van der Waals surface area contributed by atoms with Crippen LogP contribution in [0.2, 0.25) is 5.02 Å². The molecule has 0 fully saturated rings. The molecule has 0 aliphatic carbocycles. The first-order chi connectivity index (χ1) is 9.51. The van der Waals surface area contributed by atoms with Crippen molar-refractivity contribution in [2.75, 3.05) is 7.05 Å². The molecule has 1 nitrogen and oxygen atoms in total. The maximum atomic E-state index is 13.8. The lowest BCUT2D eigenvalue weighted by Gasteiger charge is -2.18. The first-order valence-electron chi connectivity index (χ1n) is 6.38. The van der Waals surface area contributed by atoms with E-state index in [0.717, 1.165) is 23.3 Å². The molecule has 0 aromatic heterocycles. The Labute approximate surface area is 122 Å². The molecule has 0 saturated carbocycles. The minimum absolute atomic E-state index is 0.309. The zero-order valence-corrected chi connectivity index (χ0v) is 12.1. The maximum Gasteiger partial charge on any atom is 0.128 e. The highest BCUT2D eigenvalue weighted by molar-refractivity contribution is 6.31. The molecule has 1 unspecified atom stereocenters. The molecule has 2 aromatic carbocycles. The lowest BCUT2D eigenvalue weighted by Crippen LogP contribution is -2.20. The largest absolute Gasteiger partial charge is 0.313 e. The molecule has 0 heterocycles. The van der Waals surface area contributed by atoms with Crippen molar-refractivity contribution in [1.29, 1.82) is 0 Å². The van der Waals surface area contributed by atoms with Gasteiger partial charge in [0, 0.05) is 16.6 Å². The minimum atomic E-state index is -0.448. The van der Waals surface area contributed by atoms with Crippen molar-refractivity contribution >= 4 is 11.6 Å². The Morgan fingerprint density at radius 1 is 1.15 bits per heavy atom. The summed E-state index contributed by atoms with van der Waals surface area (Å²) in [7, 11) is 1.72. The summed E-state index contributed by atoms with van der Waals surface area (Å²) >= 11 is 6.19. The predicted octanol–water partition coefficient (Wildman–Crippen LogP) is 4.43. The van der Waals surface area contributed by atoms with E-state index in [1.807, 2.05) is 25.1 Å². The molecular formula is C16H16ClF2N. The van der Waals surface area contributed by atoms with Gasteiger partial charge in [0.25, 0.3) is 0 Å². The highest BCUT2D eigenvalue weighted by Gasteiger charge is 2.16. The second-order valence-corrected chi connectivity index (χ2v) is 5.21. The molecular weight excluding hydrogens is 280 g/mol. The highest BCUT2D eigenvalue weighted by Crippen LogP contribution is 2.26. The van der Waals surface area contributed by atoms with E-state index in [2.05, 4.69) is 5.32 Å². The fourth-order valence-corrected chi connectivity index (χ4v) is 2.50. The zero-order chi connectivity index (χ0) is 14.7. The van der Waals surface area contributed by atoms with Gasteiger partial charge in [-0.15, -0.1) is 0 Å². The molecule has 2 aromatic rings. The topological polar surface area (TPSA) is 12.0 Å². The Hall–Kier alpha value is -1.45. The van der Waals surface area contributed by atoms with Crippen LogP contribution in [0.15, 0.2) is 36.4 Å². The average Bonchev–Trinajstić information content (AvgIpc) is 2.41. The number of halogens is 3. The average molecular weight is 296 g/mol. The van der Waals surface area contributed by atoms with Gasteiger partial charge in [0.2, 0.25) is 0 Å². The number of likely N-dealkylation sites (N-methyl/N-ethyl adjacent to an activating group) is 1. The van der Waals surface area contributed by atoms with E-state index in [1.165, 1.54) is 6.07 Å². The molecule has 0 spiro atoms. The first-order valence-corrected chi connectivity index (χ1v) is 6.76. The van der Waals surface area contributed by atoms with Crippen molar-refractivity contribution in [3.63, 3.8) is 0 Å². The Morgan fingerprint density at radius 3 is 2.55 bits per heavy atom. The van der Waals surface area contributed by atoms with Crippen LogP contribution in [0.3, 0.4) is 0 Å². The molecule has 1 atom stereocenters. The van der Waals surface area contributed by atoms with Gasteiger partial charge in [0.15, 0.2) is 0 Å². The number of benzene rings is 2. The summed E-state index contributed by atoms with van der Waals surface area (Å²) < 4.78 is 27.1. The molecule has 20 heavy (non-hydrogen) atoms. The second kappa shape index (κ2) is 6.33. The third-order valence-corrected chi connectivity index (χ3v) is 3.67. The number of hydrogen-bond acceptors (Lipinski definition) is 1. The fourth-order valence-electron chi connectivity index (χ4n) is 2.19. The van der Waals surface area contributed by atoms with Crippen LogP contribution in [0.25, 0.3) is 0 Å². The van der Waals surface area contributed by atoms with Crippen molar-refractivity contribution in [2.24, 2.45) is 0 Å². The SMILES string of the molecule is CNC(Cc1ccc(C)cc1Cl)c1cc(F)ccc1F. The quantitative estimate of drug-likeness (QED) is 0.880. The van der Waals surface area contributed by atoms with Crippen LogP contribution in [0.1, 0.15) is 22.7 Å². The summed E-state index contributed by atoms with van der Waals surface area (Å²) in [6, 6.07) is 8.89. The predicted molar refractivity (Wildman–Crippen MR) is 78.1 cm³/mol. The van der Waals surface area contributed by atoms with E-state index in [0.29, 0.717) is 17.0 Å². The van der Waals surface area contributed by atoms with Crippen LogP contribution in [0, 0.1) is 18.6 Å². The lowest BCUT2D eigenvalue weighted by atomic mass is 9.97. The number of nitrogens with one attached hydrogen (secondary N) is 1. The standard InChI is InChI=1S/C16H16ClF2N/c1-10-3-4-11(14(17)7-10)8-16(20-2)13-9-12(18)5-6-15(13)19/h3-7,9,16,20H,8H2,1-2H3. The van der Waals surface area contributed by atoms with Gasteiger partial charge in [-0.05, 0) is 55.8 Å². The molecule has 1 N–H and O–H groups in total. The van der Waals surface area contributed by atoms with Crippen LogP contribution in [-0.2, 0) is 6.42 Å². The summed E-state index contributed by atoms with van der Waals surface area (Å²) in [5.41, 5.74) is 2.28. The summed E-state index contributed by atoms with van der Waals surface area (Å²) in [6.07, 6.45) is 0.496. The molecule has 0 aliphatic rings. The van der Waals surface area contributed by atoms with Crippen molar-refractivity contribution in [3.05, 3.63) is 69.7 Å². The van der Waals surface area contributed by atoms with E-state index >= 15 is 0 Å². The fraction of sp³-hybridized carbons (Fsp3) is 0.250. The Balaban J connectivity index is 2.31. The Kier molecular flexibility index (Phi) is 4.73. The molecule has 2 rings (SSSR count). The molecule has 0 radical (unpaired) electrons. The van der Waals surface area contributed by atoms with Crippen LogP contribution >= 0.6 is 11.6 Å². The summed E-state index contributed by atoms with van der Waals surface area (Å²) in [5.74, 6) is -0.870. The van der Waals surface area contributed by atoms with Crippen molar-refractivity contribution in [2.45, 2.75) is 19.4 Å². The Bertz CT molecular complexity index is 613. The van der Waals surface area contributed by atoms with Crippen LogP contribution in [0.4, 0.5) is 8.78 Å². The van der Waals surface area contributed by atoms with Gasteiger partial charge in [-0.2, -0.15) is 0 Å². The minimum Gasteiger partial charge on any atom is -0.313 e. The normalized spacial score (nSPS) is 12.4. The highest BCUT2D eigenvalue weighted by atomic mass is 35.5. The van der Waals surface area contributed by atoms with E-state index < -0.39 is 11.6 Å². The molecule has 106 valence electrons. The number of rotatable bonds is 4. The second-order valence-electron chi connectivity index (χ2n) is 4.81. The van der Waals surface area contributed by atoms with Crippen LogP contribution < -0.4 is 5.32 Å². The van der Waals surface area contributed by atoms with Crippen molar-refractivity contribution in [3.8, 4) is 0 Å². The van der Waals surface area contributed by atoms with Crippen LogP contribution in [-0.4, -0.2) is 7.05 Å². The van der Waals surface area contributed by atoms with Crippen LogP contribution in [0.5, 0.6) is 0 Å². The smallest absolute Gasteiger partial charge is 0.128 e. The zero-order valence-electron chi connectivity index (χ0n) is 11.4. The third kappa shape index (κ3) is 3.35. The van der Waals surface area contributed by atoms with Gasteiger partial charge < -0.3 is 5.32 Å². The summed E-state index contributed by atoms with van der Waals surface area (Å²) in [4.78, 5) is 0. The van der Waals surface area contributed by atoms with Gasteiger partial charge >= 0.3 is 0 Å². The molecule has 0 bridgehead atoms. The molecule has 4 heteroatoms. The van der Waals surface area contributed by atoms with E-state index in [1.54, 1.807) is 7.05 Å². The Morgan fingerprint density at radius 2 is 1.90 bits per heavy atom. The van der Waals surface area contributed by atoms with E-state index in [-0.39, 0.29) is 6.04 Å². The van der Waals surface area contributed by atoms with Gasteiger partial charge in [-0.3, -0.25) is 0 Å². The number of hydrogen-bond donors (Lipinski definition) is 1. The molecule has 0 amide bonds. The van der Waals surface area contributed by atoms with Gasteiger partial charge in [-0.1, -0.05) is 23.7 Å². The number of aryl methyl sites for hydroxylation is 1. The van der Waals surface area contributed by atoms with E-state index in [9.17, 15) is 8.78 Å². The molecule has 0 aliphatic heterocycles. The van der Waals surface area contributed by atoms with Gasteiger partial charge in [0.1, 0.15) is 11.6 Å². The van der Waals surface area contributed by atoms with Crippen molar-refractivity contribution < 1.29 is 8.78 Å². The summed E-state index contributed by atoms with van der Waals surface area (Å²) in [5, 5.41) is 3.65. The van der Waals surface area contributed by atoms with E-state index in [4.69, 9.17) is 11.6 Å². The maximum absolute atomic E-state index is 13.8. The monoisotopic (exact) mass is 295 g/mol. The summed E-state index contributed by atoms with van der Waals surface area (Å²) in [6.45, 7) is 1.96. The van der Waals surface area contributed by atoms with Crippen molar-refractivity contribution in [1.82, 2.24) is 5.32 Å².